The third-order valence-corrected chi connectivity index (χ3v) is 5.18. The normalized spacial score (nSPS) is 21.6. The van der Waals surface area contributed by atoms with Gasteiger partial charge in [-0.2, -0.15) is 5.26 Å². The summed E-state index contributed by atoms with van der Waals surface area (Å²) in [6, 6.07) is 4.79. The van der Waals surface area contributed by atoms with Gasteiger partial charge in [0.25, 0.3) is 0 Å². The summed E-state index contributed by atoms with van der Waals surface area (Å²) in [4.78, 5) is -0.0693. The van der Waals surface area contributed by atoms with E-state index in [0.29, 0.717) is 0 Å². The average Bonchev–Trinajstić information content (AvgIpc) is 2.68. The molecule has 20 heavy (non-hydrogen) atoms. The Morgan fingerprint density at radius 1 is 1.45 bits per heavy atom. The predicted molar refractivity (Wildman–Crippen MR) is 72.9 cm³/mol. The quantitative estimate of drug-likeness (QED) is 0.932. The van der Waals surface area contributed by atoms with Crippen LogP contribution in [0.15, 0.2) is 23.1 Å². The van der Waals surface area contributed by atoms with Gasteiger partial charge in [-0.15, -0.1) is 0 Å². The van der Waals surface area contributed by atoms with Crippen molar-refractivity contribution < 1.29 is 12.8 Å². The molecule has 1 saturated carbocycles. The number of nitrogens with zero attached hydrogens (tertiary/aromatic N) is 1. The van der Waals surface area contributed by atoms with E-state index < -0.39 is 15.8 Å². The molecule has 1 aromatic rings. The average molecular weight is 296 g/mol. The molecular weight excluding hydrogens is 279 g/mol. The Labute approximate surface area is 118 Å². The van der Waals surface area contributed by atoms with Gasteiger partial charge in [-0.3, -0.25) is 0 Å². The van der Waals surface area contributed by atoms with Gasteiger partial charge in [0.1, 0.15) is 11.9 Å². The van der Waals surface area contributed by atoms with Crippen molar-refractivity contribution >= 4 is 10.0 Å². The molecule has 4 nitrogen and oxygen atoms in total. The largest absolute Gasteiger partial charge is 0.240 e. The maximum absolute atomic E-state index is 13.2. The highest BCUT2D eigenvalue weighted by Gasteiger charge is 2.33. The summed E-state index contributed by atoms with van der Waals surface area (Å²) in [6.45, 7) is 4.21. The molecule has 0 amide bonds. The Bertz CT molecular complexity index is 662. The lowest BCUT2D eigenvalue weighted by molar-refractivity contribution is 0.372. The molecule has 0 aromatic heterocycles. The lowest BCUT2D eigenvalue weighted by Gasteiger charge is -2.18. The zero-order chi connectivity index (χ0) is 15.0. The Morgan fingerprint density at radius 2 is 2.15 bits per heavy atom. The van der Waals surface area contributed by atoms with Crippen molar-refractivity contribution in [2.75, 3.05) is 0 Å². The van der Waals surface area contributed by atoms with Crippen molar-refractivity contribution in [1.29, 1.82) is 5.26 Å². The minimum absolute atomic E-state index is 0.0693. The summed E-state index contributed by atoms with van der Waals surface area (Å²) in [5, 5.41) is 8.76. The molecule has 0 heterocycles. The van der Waals surface area contributed by atoms with E-state index >= 15 is 0 Å². The van der Waals surface area contributed by atoms with Crippen molar-refractivity contribution in [2.45, 2.75) is 44.0 Å². The smallest absolute Gasteiger partial charge is 0.208 e. The molecular formula is C14H17FN2O2S. The number of rotatable bonds is 3. The van der Waals surface area contributed by atoms with Crippen LogP contribution in [0.5, 0.6) is 0 Å². The first-order valence-corrected chi connectivity index (χ1v) is 7.94. The van der Waals surface area contributed by atoms with Gasteiger partial charge in [-0.1, -0.05) is 13.8 Å². The van der Waals surface area contributed by atoms with Gasteiger partial charge in [0.05, 0.1) is 10.5 Å². The summed E-state index contributed by atoms with van der Waals surface area (Å²) < 4.78 is 40.3. The van der Waals surface area contributed by atoms with E-state index in [4.69, 9.17) is 5.26 Å². The first kappa shape index (κ1) is 14.9. The minimum atomic E-state index is -3.71. The summed E-state index contributed by atoms with van der Waals surface area (Å²) >= 11 is 0. The van der Waals surface area contributed by atoms with Crippen LogP contribution in [0.3, 0.4) is 0 Å². The van der Waals surface area contributed by atoms with Gasteiger partial charge in [-0.05, 0) is 42.9 Å². The minimum Gasteiger partial charge on any atom is -0.208 e. The van der Waals surface area contributed by atoms with E-state index in [9.17, 15) is 12.8 Å². The zero-order valence-electron chi connectivity index (χ0n) is 11.5. The number of hydrogen-bond donors (Lipinski definition) is 1. The Morgan fingerprint density at radius 3 is 2.70 bits per heavy atom. The zero-order valence-corrected chi connectivity index (χ0v) is 12.3. The van der Waals surface area contributed by atoms with E-state index in [1.807, 2.05) is 0 Å². The van der Waals surface area contributed by atoms with Crippen LogP contribution in [0.2, 0.25) is 0 Å². The summed E-state index contributed by atoms with van der Waals surface area (Å²) in [6.07, 6.45) is 2.53. The lowest BCUT2D eigenvalue weighted by atomic mass is 9.92. The highest BCUT2D eigenvalue weighted by Crippen LogP contribution is 2.37. The second-order valence-electron chi connectivity index (χ2n) is 5.98. The summed E-state index contributed by atoms with van der Waals surface area (Å²) in [7, 11) is -3.71. The lowest BCUT2D eigenvalue weighted by Crippen LogP contribution is -2.33. The standard InChI is InChI=1S/C14H17FN2O2S/c1-14(2)6-5-11(8-14)17-20(18,19)12-3-4-13(15)10(7-12)9-16/h3-4,7,11,17H,5-6,8H2,1-2H3. The van der Waals surface area contributed by atoms with E-state index in [0.717, 1.165) is 31.4 Å². The summed E-state index contributed by atoms with van der Waals surface area (Å²) in [5.74, 6) is -0.714. The maximum Gasteiger partial charge on any atom is 0.240 e. The number of sulfonamides is 1. The molecule has 1 aliphatic carbocycles. The van der Waals surface area contributed by atoms with Crippen molar-refractivity contribution in [3.63, 3.8) is 0 Å². The Kier molecular flexibility index (Phi) is 3.85. The fourth-order valence-electron chi connectivity index (χ4n) is 2.58. The first-order valence-electron chi connectivity index (χ1n) is 6.45. The number of halogens is 1. The number of benzene rings is 1. The SMILES string of the molecule is CC1(C)CCC(NS(=O)(=O)c2ccc(F)c(C#N)c2)C1. The molecule has 1 aliphatic rings. The van der Waals surface area contributed by atoms with Crippen molar-refractivity contribution in [3.05, 3.63) is 29.6 Å². The number of nitrogens with one attached hydrogen (secondary N) is 1. The number of nitriles is 1. The molecule has 6 heteroatoms. The van der Waals surface area contributed by atoms with Crippen molar-refractivity contribution in [1.82, 2.24) is 4.72 Å². The summed E-state index contributed by atoms with van der Waals surface area (Å²) in [5.41, 5.74) is -0.131. The molecule has 0 aliphatic heterocycles. The molecule has 1 unspecified atom stereocenters. The first-order chi connectivity index (χ1) is 9.23. The fourth-order valence-corrected chi connectivity index (χ4v) is 3.88. The molecule has 0 spiro atoms. The van der Waals surface area contributed by atoms with Crippen LogP contribution in [0.1, 0.15) is 38.7 Å². The monoisotopic (exact) mass is 296 g/mol. The van der Waals surface area contributed by atoms with Gasteiger partial charge in [0.2, 0.25) is 10.0 Å². The molecule has 1 N–H and O–H groups in total. The van der Waals surface area contributed by atoms with Crippen LogP contribution in [0.25, 0.3) is 0 Å². The van der Waals surface area contributed by atoms with Gasteiger partial charge in [-0.25, -0.2) is 17.5 Å². The predicted octanol–water partition coefficient (Wildman–Crippen LogP) is 2.55. The second-order valence-corrected chi connectivity index (χ2v) is 7.69. The highest BCUT2D eigenvalue weighted by molar-refractivity contribution is 7.89. The second kappa shape index (κ2) is 5.15. The highest BCUT2D eigenvalue weighted by atomic mass is 32.2. The van der Waals surface area contributed by atoms with Crippen LogP contribution in [0.4, 0.5) is 4.39 Å². The van der Waals surface area contributed by atoms with E-state index in [1.54, 1.807) is 6.07 Å². The van der Waals surface area contributed by atoms with Crippen LogP contribution in [-0.4, -0.2) is 14.5 Å². The maximum atomic E-state index is 13.2. The third kappa shape index (κ3) is 3.17. The Balaban J connectivity index is 2.22. The van der Waals surface area contributed by atoms with Gasteiger partial charge in [0.15, 0.2) is 0 Å². The molecule has 1 atom stereocenters. The van der Waals surface area contributed by atoms with Gasteiger partial charge < -0.3 is 0 Å². The molecule has 0 radical (unpaired) electrons. The van der Waals surface area contributed by atoms with Crippen LogP contribution in [-0.2, 0) is 10.0 Å². The molecule has 2 rings (SSSR count). The Hall–Kier alpha value is -1.45. The third-order valence-electron chi connectivity index (χ3n) is 3.66. The topological polar surface area (TPSA) is 70.0 Å². The molecule has 1 aromatic carbocycles. The fraction of sp³-hybridized carbons (Fsp3) is 0.500. The molecule has 0 bridgehead atoms. The van der Waals surface area contributed by atoms with Crippen molar-refractivity contribution in [2.24, 2.45) is 5.41 Å². The van der Waals surface area contributed by atoms with Crippen LogP contribution < -0.4 is 4.72 Å². The molecule has 108 valence electrons. The molecule has 1 fully saturated rings. The van der Waals surface area contributed by atoms with Gasteiger partial charge in [0, 0.05) is 6.04 Å². The van der Waals surface area contributed by atoms with E-state index in [2.05, 4.69) is 18.6 Å². The number of hydrogen-bond acceptors (Lipinski definition) is 3. The van der Waals surface area contributed by atoms with Crippen LogP contribution in [0, 0.1) is 22.6 Å². The van der Waals surface area contributed by atoms with Crippen molar-refractivity contribution in [3.8, 4) is 6.07 Å². The van der Waals surface area contributed by atoms with E-state index in [-0.39, 0.29) is 21.9 Å². The molecule has 0 saturated heterocycles. The van der Waals surface area contributed by atoms with Gasteiger partial charge >= 0.3 is 0 Å². The van der Waals surface area contributed by atoms with E-state index in [1.165, 1.54) is 6.07 Å². The van der Waals surface area contributed by atoms with Crippen LogP contribution >= 0.6 is 0 Å².